The highest BCUT2D eigenvalue weighted by atomic mass is 32.2. The van der Waals surface area contributed by atoms with E-state index in [-0.39, 0.29) is 10.8 Å². The average molecular weight is 346 g/mol. The highest BCUT2D eigenvalue weighted by Gasteiger charge is 2.15. The van der Waals surface area contributed by atoms with Crippen LogP contribution in [0.4, 0.5) is 5.69 Å². The molecule has 0 atom stereocenters. The summed E-state index contributed by atoms with van der Waals surface area (Å²) in [6.07, 6.45) is 0. The predicted octanol–water partition coefficient (Wildman–Crippen LogP) is 3.36. The standard InChI is InChI=1S/C18H22N2O3S/c1-4-19-24(22,23)17-10-6-8-15(12-17)18(21)20-16-9-5-7-14(11-16)13(2)3/h5-13,19H,4H2,1-3H3,(H,20,21). The maximum atomic E-state index is 12.4. The van der Waals surface area contributed by atoms with Gasteiger partial charge in [-0.2, -0.15) is 0 Å². The molecule has 5 nitrogen and oxygen atoms in total. The number of anilines is 1. The molecule has 0 aromatic heterocycles. The lowest BCUT2D eigenvalue weighted by atomic mass is 10.0. The maximum absolute atomic E-state index is 12.4. The first-order valence-electron chi connectivity index (χ1n) is 7.84. The van der Waals surface area contributed by atoms with Crippen LogP contribution in [0, 0.1) is 0 Å². The fraction of sp³-hybridized carbons (Fsp3) is 0.278. The van der Waals surface area contributed by atoms with Crippen LogP contribution < -0.4 is 10.0 Å². The molecule has 6 heteroatoms. The number of hydrogen-bond donors (Lipinski definition) is 2. The second kappa shape index (κ2) is 7.59. The zero-order valence-corrected chi connectivity index (χ0v) is 14.9. The maximum Gasteiger partial charge on any atom is 0.255 e. The van der Waals surface area contributed by atoms with Crippen LogP contribution in [0.5, 0.6) is 0 Å². The Bertz CT molecular complexity index is 830. The Morgan fingerprint density at radius 2 is 1.79 bits per heavy atom. The van der Waals surface area contributed by atoms with Gasteiger partial charge in [-0.1, -0.05) is 39.0 Å². The van der Waals surface area contributed by atoms with E-state index in [0.717, 1.165) is 5.56 Å². The van der Waals surface area contributed by atoms with E-state index >= 15 is 0 Å². The molecule has 2 aromatic carbocycles. The molecular weight excluding hydrogens is 324 g/mol. The minimum atomic E-state index is -3.59. The SMILES string of the molecule is CCNS(=O)(=O)c1cccc(C(=O)Nc2cccc(C(C)C)c2)c1. The summed E-state index contributed by atoms with van der Waals surface area (Å²) >= 11 is 0. The van der Waals surface area contributed by atoms with Gasteiger partial charge in [0.05, 0.1) is 4.90 Å². The first-order valence-corrected chi connectivity index (χ1v) is 9.33. The quantitative estimate of drug-likeness (QED) is 0.842. The number of carbonyl (C=O) groups is 1. The van der Waals surface area contributed by atoms with E-state index < -0.39 is 10.0 Å². The van der Waals surface area contributed by atoms with Crippen molar-refractivity contribution in [3.8, 4) is 0 Å². The molecule has 0 radical (unpaired) electrons. The van der Waals surface area contributed by atoms with Crippen molar-refractivity contribution in [3.05, 3.63) is 59.7 Å². The molecule has 0 heterocycles. The van der Waals surface area contributed by atoms with Gasteiger partial charge in [0.15, 0.2) is 0 Å². The number of carbonyl (C=O) groups excluding carboxylic acids is 1. The molecule has 0 saturated heterocycles. The van der Waals surface area contributed by atoms with Crippen LogP contribution in [0.2, 0.25) is 0 Å². The van der Waals surface area contributed by atoms with Crippen molar-refractivity contribution in [2.24, 2.45) is 0 Å². The van der Waals surface area contributed by atoms with Crippen LogP contribution in [0.1, 0.15) is 42.6 Å². The van der Waals surface area contributed by atoms with E-state index in [2.05, 4.69) is 23.9 Å². The molecule has 2 N–H and O–H groups in total. The molecule has 128 valence electrons. The third-order valence-electron chi connectivity index (χ3n) is 3.55. The first-order chi connectivity index (χ1) is 11.3. The Hall–Kier alpha value is -2.18. The molecule has 0 bridgehead atoms. The van der Waals surface area contributed by atoms with Gasteiger partial charge in [0, 0.05) is 17.8 Å². The molecule has 0 spiro atoms. The predicted molar refractivity (Wildman–Crippen MR) is 95.8 cm³/mol. The van der Waals surface area contributed by atoms with E-state index in [9.17, 15) is 13.2 Å². The lowest BCUT2D eigenvalue weighted by molar-refractivity contribution is 0.102. The molecule has 0 aliphatic carbocycles. The van der Waals surface area contributed by atoms with Crippen LogP contribution in [-0.4, -0.2) is 20.9 Å². The van der Waals surface area contributed by atoms with Crippen molar-refractivity contribution in [1.82, 2.24) is 4.72 Å². The summed E-state index contributed by atoms with van der Waals surface area (Å²) in [5.74, 6) is 0.0138. The minimum absolute atomic E-state index is 0.0768. The highest BCUT2D eigenvalue weighted by molar-refractivity contribution is 7.89. The molecule has 24 heavy (non-hydrogen) atoms. The smallest absolute Gasteiger partial charge is 0.255 e. The van der Waals surface area contributed by atoms with E-state index in [1.807, 2.05) is 24.3 Å². The minimum Gasteiger partial charge on any atom is -0.322 e. The summed E-state index contributed by atoms with van der Waals surface area (Å²) in [5, 5.41) is 2.81. The monoisotopic (exact) mass is 346 g/mol. The number of rotatable bonds is 6. The third-order valence-corrected chi connectivity index (χ3v) is 5.10. The average Bonchev–Trinajstić information content (AvgIpc) is 2.55. The Balaban J connectivity index is 2.23. The van der Waals surface area contributed by atoms with E-state index in [1.54, 1.807) is 19.1 Å². The van der Waals surface area contributed by atoms with Crippen LogP contribution in [-0.2, 0) is 10.0 Å². The van der Waals surface area contributed by atoms with Crippen molar-refractivity contribution in [2.75, 3.05) is 11.9 Å². The van der Waals surface area contributed by atoms with Crippen LogP contribution in [0.25, 0.3) is 0 Å². The van der Waals surface area contributed by atoms with Gasteiger partial charge in [0.25, 0.3) is 5.91 Å². The number of sulfonamides is 1. The highest BCUT2D eigenvalue weighted by Crippen LogP contribution is 2.19. The number of hydrogen-bond acceptors (Lipinski definition) is 3. The summed E-state index contributed by atoms with van der Waals surface area (Å²) in [5.41, 5.74) is 2.10. The lowest BCUT2D eigenvalue weighted by Gasteiger charge is -2.10. The van der Waals surface area contributed by atoms with E-state index in [1.165, 1.54) is 12.1 Å². The summed E-state index contributed by atoms with van der Waals surface area (Å²) < 4.78 is 26.5. The Morgan fingerprint density at radius 1 is 1.08 bits per heavy atom. The number of amides is 1. The van der Waals surface area contributed by atoms with Gasteiger partial charge in [0.1, 0.15) is 0 Å². The molecule has 2 aromatic rings. The molecule has 2 rings (SSSR count). The molecule has 0 aliphatic heterocycles. The van der Waals surface area contributed by atoms with Gasteiger partial charge in [-0.05, 0) is 41.8 Å². The largest absolute Gasteiger partial charge is 0.322 e. The van der Waals surface area contributed by atoms with E-state index in [4.69, 9.17) is 0 Å². The van der Waals surface area contributed by atoms with Gasteiger partial charge >= 0.3 is 0 Å². The second-order valence-corrected chi connectivity index (χ2v) is 7.53. The van der Waals surface area contributed by atoms with Gasteiger partial charge < -0.3 is 5.32 Å². The van der Waals surface area contributed by atoms with Crippen molar-refractivity contribution in [3.63, 3.8) is 0 Å². The topological polar surface area (TPSA) is 75.3 Å². The van der Waals surface area contributed by atoms with Crippen molar-refractivity contribution >= 4 is 21.6 Å². The summed E-state index contributed by atoms with van der Waals surface area (Å²) in [4.78, 5) is 12.5. The van der Waals surface area contributed by atoms with Crippen LogP contribution in [0.15, 0.2) is 53.4 Å². The third kappa shape index (κ3) is 4.43. The van der Waals surface area contributed by atoms with Crippen molar-refractivity contribution in [2.45, 2.75) is 31.6 Å². The zero-order valence-electron chi connectivity index (χ0n) is 14.0. The molecule has 0 unspecified atom stereocenters. The first kappa shape index (κ1) is 18.2. The molecular formula is C18H22N2O3S. The van der Waals surface area contributed by atoms with Crippen LogP contribution in [0.3, 0.4) is 0 Å². The second-order valence-electron chi connectivity index (χ2n) is 5.76. The Labute approximate surface area is 143 Å². The summed E-state index contributed by atoms with van der Waals surface area (Å²) in [7, 11) is -3.59. The normalized spacial score (nSPS) is 11.5. The fourth-order valence-electron chi connectivity index (χ4n) is 2.26. The Morgan fingerprint density at radius 3 is 2.46 bits per heavy atom. The van der Waals surface area contributed by atoms with E-state index in [0.29, 0.717) is 23.7 Å². The zero-order chi connectivity index (χ0) is 17.7. The van der Waals surface area contributed by atoms with Crippen LogP contribution >= 0.6 is 0 Å². The van der Waals surface area contributed by atoms with Gasteiger partial charge in [0.2, 0.25) is 10.0 Å². The molecule has 1 amide bonds. The van der Waals surface area contributed by atoms with Gasteiger partial charge in [-0.3, -0.25) is 4.79 Å². The van der Waals surface area contributed by atoms with Gasteiger partial charge in [-0.15, -0.1) is 0 Å². The van der Waals surface area contributed by atoms with Crippen molar-refractivity contribution in [1.29, 1.82) is 0 Å². The molecule has 0 fully saturated rings. The number of nitrogens with one attached hydrogen (secondary N) is 2. The Kier molecular flexibility index (Phi) is 5.75. The number of benzene rings is 2. The summed E-state index contributed by atoms with van der Waals surface area (Å²) in [6, 6.07) is 13.6. The fourth-order valence-corrected chi connectivity index (χ4v) is 3.34. The summed E-state index contributed by atoms with van der Waals surface area (Å²) in [6.45, 7) is 6.16. The lowest BCUT2D eigenvalue weighted by Crippen LogP contribution is -2.23. The van der Waals surface area contributed by atoms with Crippen molar-refractivity contribution < 1.29 is 13.2 Å². The van der Waals surface area contributed by atoms with Gasteiger partial charge in [-0.25, -0.2) is 13.1 Å². The molecule has 0 aliphatic rings. The molecule has 0 saturated carbocycles.